The van der Waals surface area contributed by atoms with E-state index in [4.69, 9.17) is 13.9 Å². The summed E-state index contributed by atoms with van der Waals surface area (Å²) in [6.07, 6.45) is -0.764. The number of carbonyl (C=O) groups excluding carboxylic acids is 2. The maximum absolute atomic E-state index is 12.5. The number of amides is 1. The van der Waals surface area contributed by atoms with E-state index in [1.165, 1.54) is 7.11 Å². The highest BCUT2D eigenvalue weighted by molar-refractivity contribution is 6.73. The fourth-order valence-electron chi connectivity index (χ4n) is 2.91. The molecule has 0 aromatic rings. The molecule has 0 bridgehead atoms. The van der Waals surface area contributed by atoms with Crippen LogP contribution in [-0.4, -0.2) is 45.2 Å². The second-order valence-corrected chi connectivity index (χ2v) is 12.9. The molecular weight excluding hydrogens is 350 g/mol. The molecule has 1 amide bonds. The van der Waals surface area contributed by atoms with Gasteiger partial charge in [-0.2, -0.15) is 0 Å². The first kappa shape index (κ1) is 24.9. The maximum Gasteiger partial charge on any atom is 0.407 e. The van der Waals surface area contributed by atoms with Gasteiger partial charge in [-0.25, -0.2) is 9.59 Å². The van der Waals surface area contributed by atoms with E-state index in [2.05, 4.69) is 26.1 Å². The number of alkyl carbamates (subject to hydrolysis) is 1. The molecule has 0 aliphatic carbocycles. The molecule has 0 rings (SSSR count). The van der Waals surface area contributed by atoms with Crippen molar-refractivity contribution in [3.63, 3.8) is 0 Å². The molecule has 154 valence electrons. The summed E-state index contributed by atoms with van der Waals surface area (Å²) in [5.41, 5.74) is -0.608. The number of methoxy groups -OCH3 is 1. The third kappa shape index (κ3) is 8.53. The quantitative estimate of drug-likeness (QED) is 0.440. The molecular formula is C19H39NO5Si. The molecule has 0 radical (unpaired) electrons. The van der Waals surface area contributed by atoms with Crippen LogP contribution in [0.25, 0.3) is 0 Å². The van der Waals surface area contributed by atoms with Crippen molar-refractivity contribution in [3.05, 3.63) is 0 Å². The van der Waals surface area contributed by atoms with Crippen molar-refractivity contribution in [2.45, 2.75) is 97.7 Å². The van der Waals surface area contributed by atoms with E-state index >= 15 is 0 Å². The Labute approximate surface area is 160 Å². The third-order valence-corrected chi connectivity index (χ3v) is 9.16. The smallest absolute Gasteiger partial charge is 0.407 e. The van der Waals surface area contributed by atoms with Gasteiger partial charge in [0, 0.05) is 0 Å². The van der Waals surface area contributed by atoms with Gasteiger partial charge in [0.05, 0.1) is 13.2 Å². The fraction of sp³-hybridized carbons (Fsp3) is 0.895. The molecule has 0 spiro atoms. The summed E-state index contributed by atoms with van der Waals surface area (Å²) in [5, 5.41) is 2.85. The predicted octanol–water partition coefficient (Wildman–Crippen LogP) is 4.49. The third-order valence-electron chi connectivity index (χ3n) is 4.54. The van der Waals surface area contributed by atoms with Gasteiger partial charge in [-0.15, -0.1) is 0 Å². The SMILES string of the molecule is CC[Si](CC)(CC)OC(C(=O)OC)[C@H](CC(C)C)NC(=O)OC(C)(C)C. The fourth-order valence-corrected chi connectivity index (χ4v) is 5.70. The molecule has 0 saturated heterocycles. The number of hydrogen-bond donors (Lipinski definition) is 1. The lowest BCUT2D eigenvalue weighted by Crippen LogP contribution is -2.55. The summed E-state index contributed by atoms with van der Waals surface area (Å²) < 4.78 is 16.8. The number of rotatable bonds is 10. The van der Waals surface area contributed by atoms with Crippen molar-refractivity contribution < 1.29 is 23.5 Å². The average Bonchev–Trinajstić information content (AvgIpc) is 2.53. The molecule has 6 nitrogen and oxygen atoms in total. The minimum Gasteiger partial charge on any atom is -0.467 e. The summed E-state index contributed by atoms with van der Waals surface area (Å²) in [6.45, 7) is 15.8. The van der Waals surface area contributed by atoms with Crippen LogP contribution in [0.1, 0.15) is 61.8 Å². The van der Waals surface area contributed by atoms with E-state index in [1.54, 1.807) is 0 Å². The summed E-state index contributed by atoms with van der Waals surface area (Å²) in [6, 6.07) is 2.24. The van der Waals surface area contributed by atoms with Crippen LogP contribution in [0.3, 0.4) is 0 Å². The molecule has 2 atom stereocenters. The first-order valence-corrected chi connectivity index (χ1v) is 12.2. The van der Waals surface area contributed by atoms with E-state index in [0.717, 1.165) is 18.1 Å². The Morgan fingerprint density at radius 1 is 1.04 bits per heavy atom. The average molecular weight is 390 g/mol. The van der Waals surface area contributed by atoms with Gasteiger partial charge in [-0.1, -0.05) is 34.6 Å². The van der Waals surface area contributed by atoms with Crippen molar-refractivity contribution in [1.82, 2.24) is 5.32 Å². The number of ether oxygens (including phenoxy) is 2. The Morgan fingerprint density at radius 3 is 1.88 bits per heavy atom. The van der Waals surface area contributed by atoms with Gasteiger partial charge < -0.3 is 19.2 Å². The van der Waals surface area contributed by atoms with Crippen LogP contribution in [0.4, 0.5) is 4.79 Å². The van der Waals surface area contributed by atoms with E-state index in [9.17, 15) is 9.59 Å². The highest BCUT2D eigenvalue weighted by Crippen LogP contribution is 2.26. The Bertz CT molecular complexity index is 435. The molecule has 0 saturated carbocycles. The second kappa shape index (κ2) is 10.9. The van der Waals surface area contributed by atoms with Crippen LogP contribution >= 0.6 is 0 Å². The number of hydrogen-bond acceptors (Lipinski definition) is 5. The lowest BCUT2D eigenvalue weighted by atomic mass is 9.99. The molecule has 0 aromatic carbocycles. The van der Waals surface area contributed by atoms with Gasteiger partial charge in [-0.05, 0) is 51.2 Å². The van der Waals surface area contributed by atoms with Gasteiger partial charge in [0.25, 0.3) is 0 Å². The molecule has 0 aliphatic heterocycles. The second-order valence-electron chi connectivity index (χ2n) is 8.19. The molecule has 26 heavy (non-hydrogen) atoms. The monoisotopic (exact) mass is 389 g/mol. The zero-order valence-corrected chi connectivity index (χ0v) is 19.1. The van der Waals surface area contributed by atoms with Crippen LogP contribution in [0.2, 0.25) is 18.1 Å². The molecule has 1 unspecified atom stereocenters. The van der Waals surface area contributed by atoms with E-state index in [0.29, 0.717) is 6.42 Å². The highest BCUT2D eigenvalue weighted by atomic mass is 28.4. The van der Waals surface area contributed by atoms with Gasteiger partial charge >= 0.3 is 12.1 Å². The normalized spacial score (nSPS) is 14.7. The highest BCUT2D eigenvalue weighted by Gasteiger charge is 2.40. The van der Waals surface area contributed by atoms with Gasteiger partial charge in [-0.3, -0.25) is 0 Å². The molecule has 0 aliphatic rings. The molecule has 0 heterocycles. The van der Waals surface area contributed by atoms with Gasteiger partial charge in [0.1, 0.15) is 5.60 Å². The van der Waals surface area contributed by atoms with Crippen molar-refractivity contribution in [2.24, 2.45) is 5.92 Å². The van der Waals surface area contributed by atoms with Gasteiger partial charge in [0.2, 0.25) is 0 Å². The maximum atomic E-state index is 12.5. The molecule has 7 heteroatoms. The van der Waals surface area contributed by atoms with Crippen LogP contribution in [0, 0.1) is 5.92 Å². The van der Waals surface area contributed by atoms with Crippen LogP contribution in [0.15, 0.2) is 0 Å². The predicted molar refractivity (Wildman–Crippen MR) is 107 cm³/mol. The number of carbonyl (C=O) groups is 2. The number of nitrogens with one attached hydrogen (secondary N) is 1. The Morgan fingerprint density at radius 2 is 1.54 bits per heavy atom. The molecule has 1 N–H and O–H groups in total. The first-order chi connectivity index (χ1) is 11.9. The van der Waals surface area contributed by atoms with E-state index in [-0.39, 0.29) is 5.92 Å². The molecule has 0 aromatic heterocycles. The van der Waals surface area contributed by atoms with Crippen LogP contribution < -0.4 is 5.32 Å². The molecule has 0 fully saturated rings. The van der Waals surface area contributed by atoms with E-state index < -0.39 is 38.1 Å². The topological polar surface area (TPSA) is 73.9 Å². The van der Waals surface area contributed by atoms with Crippen molar-refractivity contribution >= 4 is 20.4 Å². The zero-order chi connectivity index (χ0) is 20.5. The summed E-state index contributed by atoms with van der Waals surface area (Å²) in [7, 11) is -0.711. The zero-order valence-electron chi connectivity index (χ0n) is 18.1. The lowest BCUT2D eigenvalue weighted by molar-refractivity contribution is -0.151. The van der Waals surface area contributed by atoms with Crippen LogP contribution in [-0.2, 0) is 18.7 Å². The van der Waals surface area contributed by atoms with Crippen molar-refractivity contribution in [1.29, 1.82) is 0 Å². The Hall–Kier alpha value is -1.08. The minimum absolute atomic E-state index is 0.270. The first-order valence-electron chi connectivity index (χ1n) is 9.68. The lowest BCUT2D eigenvalue weighted by Gasteiger charge is -2.36. The van der Waals surface area contributed by atoms with E-state index in [1.807, 2.05) is 34.6 Å². The summed E-state index contributed by atoms with van der Waals surface area (Å²) >= 11 is 0. The van der Waals surface area contributed by atoms with Gasteiger partial charge in [0.15, 0.2) is 14.4 Å². The van der Waals surface area contributed by atoms with Crippen molar-refractivity contribution in [3.8, 4) is 0 Å². The minimum atomic E-state index is -2.06. The van der Waals surface area contributed by atoms with Crippen LogP contribution in [0.5, 0.6) is 0 Å². The summed E-state index contributed by atoms with van der Waals surface area (Å²) in [5.74, 6) is -0.175. The summed E-state index contributed by atoms with van der Waals surface area (Å²) in [4.78, 5) is 24.8. The number of esters is 1. The Balaban J connectivity index is 5.60. The van der Waals surface area contributed by atoms with Crippen molar-refractivity contribution in [2.75, 3.05) is 7.11 Å². The largest absolute Gasteiger partial charge is 0.467 e. The Kier molecular flexibility index (Phi) is 10.5. The standard InChI is InChI=1S/C19H39NO5Si/c1-10-26(11-2,12-3)25-16(17(21)23-9)15(13-14(4)5)20-18(22)24-19(6,7)8/h14-16H,10-13H2,1-9H3,(H,20,22)/t15-,16?/m0/s1.